The van der Waals surface area contributed by atoms with Crippen molar-refractivity contribution in [1.82, 2.24) is 35.2 Å². The predicted molar refractivity (Wildman–Crippen MR) is 81.2 cm³/mol. The van der Waals surface area contributed by atoms with Gasteiger partial charge >= 0.3 is 0 Å². The molecule has 2 heterocycles. The molecule has 0 fully saturated rings. The molecule has 0 saturated heterocycles. The number of carbonyl (C=O) groups excluding carboxylic acids is 2. The number of rotatable bonds is 5. The van der Waals surface area contributed by atoms with Crippen LogP contribution >= 0.6 is 23.3 Å². The molecule has 0 saturated carbocycles. The molecule has 0 radical (unpaired) electrons. The highest BCUT2D eigenvalue weighted by Crippen LogP contribution is 2.35. The van der Waals surface area contributed by atoms with Crippen LogP contribution in [0, 0.1) is 0 Å². The molecule has 0 aliphatic heterocycles. The van der Waals surface area contributed by atoms with Gasteiger partial charge in [0, 0.05) is 20.1 Å². The molecule has 0 aliphatic rings. The number of hydrogen-bond acceptors (Lipinski definition) is 8. The van der Waals surface area contributed by atoms with Gasteiger partial charge < -0.3 is 10.6 Å². The lowest BCUT2D eigenvalue weighted by atomic mass is 10.4. The van der Waals surface area contributed by atoms with Gasteiger partial charge in [-0.15, -0.1) is 10.2 Å². The average molecular weight is 341 g/mol. The lowest BCUT2D eigenvalue weighted by Gasteiger charge is -2.09. The molecule has 0 bridgehead atoms. The largest absolute Gasteiger partial charge is 0.354 e. The summed E-state index contributed by atoms with van der Waals surface area (Å²) in [5, 5.41) is 17.3. The highest BCUT2D eigenvalue weighted by molar-refractivity contribution is 8.01. The third-order valence-electron chi connectivity index (χ3n) is 2.67. The Balaban J connectivity index is 2.44. The zero-order chi connectivity index (χ0) is 16.3. The van der Waals surface area contributed by atoms with E-state index in [1.807, 2.05) is 13.8 Å². The summed E-state index contributed by atoms with van der Waals surface area (Å²) in [6.45, 7) is 3.86. The first-order chi connectivity index (χ1) is 10.5. The standard InChI is InChI=1S/C11H15N7O2S2/c1-5(2)18-10(6(14-16-18)8(19)12-3)21-11-7(9(20)13-4)15-17-22-11/h5H,1-4H3,(H,12,19)(H,13,20). The summed E-state index contributed by atoms with van der Waals surface area (Å²) < 4.78 is 6.01. The van der Waals surface area contributed by atoms with Gasteiger partial charge in [-0.05, 0) is 25.4 Å². The van der Waals surface area contributed by atoms with Crippen LogP contribution in [0.1, 0.15) is 40.9 Å². The molecule has 2 aromatic heterocycles. The van der Waals surface area contributed by atoms with Crippen LogP contribution in [0.5, 0.6) is 0 Å². The summed E-state index contributed by atoms with van der Waals surface area (Å²) >= 11 is 2.29. The lowest BCUT2D eigenvalue weighted by Crippen LogP contribution is -2.20. The first-order valence-corrected chi connectivity index (χ1v) is 7.98. The fourth-order valence-corrected chi connectivity index (χ4v) is 3.45. The van der Waals surface area contributed by atoms with E-state index in [4.69, 9.17) is 0 Å². The molecule has 22 heavy (non-hydrogen) atoms. The zero-order valence-corrected chi connectivity index (χ0v) is 14.1. The molecule has 0 unspecified atom stereocenters. The second-order valence-electron chi connectivity index (χ2n) is 4.45. The number of hydrogen-bond donors (Lipinski definition) is 2. The molecule has 0 spiro atoms. The first kappa shape index (κ1) is 16.4. The summed E-state index contributed by atoms with van der Waals surface area (Å²) in [4.78, 5) is 23.7. The van der Waals surface area contributed by atoms with Gasteiger partial charge in [-0.25, -0.2) is 4.68 Å². The Labute approximate surface area is 135 Å². The number of amides is 2. The molecule has 118 valence electrons. The van der Waals surface area contributed by atoms with Crippen LogP contribution in [0.2, 0.25) is 0 Å². The van der Waals surface area contributed by atoms with E-state index in [1.54, 1.807) is 4.68 Å². The van der Waals surface area contributed by atoms with E-state index < -0.39 is 0 Å². The second kappa shape index (κ2) is 6.83. The Morgan fingerprint density at radius 1 is 1.14 bits per heavy atom. The predicted octanol–water partition coefficient (Wildman–Crippen LogP) is 0.581. The third-order valence-corrected chi connectivity index (χ3v) is 4.62. The smallest absolute Gasteiger partial charge is 0.274 e. The molecular weight excluding hydrogens is 326 g/mol. The quantitative estimate of drug-likeness (QED) is 0.817. The maximum Gasteiger partial charge on any atom is 0.274 e. The summed E-state index contributed by atoms with van der Waals surface area (Å²) in [6, 6.07) is 0.0118. The third kappa shape index (κ3) is 3.09. The molecule has 9 nitrogen and oxygen atoms in total. The molecule has 0 aliphatic carbocycles. The second-order valence-corrected chi connectivity index (χ2v) is 6.46. The van der Waals surface area contributed by atoms with Gasteiger partial charge in [0.05, 0.1) is 0 Å². The van der Waals surface area contributed by atoms with Crippen molar-refractivity contribution in [3.63, 3.8) is 0 Å². The number of carbonyl (C=O) groups is 2. The number of nitrogens with one attached hydrogen (secondary N) is 2. The molecular formula is C11H15N7O2S2. The van der Waals surface area contributed by atoms with Crippen molar-refractivity contribution in [3.05, 3.63) is 11.4 Å². The van der Waals surface area contributed by atoms with Crippen molar-refractivity contribution in [2.75, 3.05) is 14.1 Å². The van der Waals surface area contributed by atoms with Crippen LogP contribution < -0.4 is 10.6 Å². The maximum absolute atomic E-state index is 11.9. The molecule has 2 N–H and O–H groups in total. The number of aromatic nitrogens is 5. The molecule has 2 aromatic rings. The molecule has 11 heteroatoms. The van der Waals surface area contributed by atoms with Gasteiger partial charge in [0.2, 0.25) is 0 Å². The maximum atomic E-state index is 11.9. The van der Waals surface area contributed by atoms with Gasteiger partial charge in [-0.2, -0.15) is 0 Å². The summed E-state index contributed by atoms with van der Waals surface area (Å²) in [5.41, 5.74) is 0.425. The number of nitrogens with zero attached hydrogens (tertiary/aromatic N) is 5. The Kier molecular flexibility index (Phi) is 5.08. The summed E-state index contributed by atoms with van der Waals surface area (Å²) in [5.74, 6) is -0.672. The van der Waals surface area contributed by atoms with Gasteiger partial charge in [0.25, 0.3) is 11.8 Å². The Morgan fingerprint density at radius 2 is 1.77 bits per heavy atom. The van der Waals surface area contributed by atoms with Gasteiger partial charge in [0.15, 0.2) is 11.4 Å². The van der Waals surface area contributed by atoms with Crippen molar-refractivity contribution in [3.8, 4) is 0 Å². The molecule has 0 atom stereocenters. The van der Waals surface area contributed by atoms with Gasteiger partial charge in [0.1, 0.15) is 9.24 Å². The van der Waals surface area contributed by atoms with Crippen LogP contribution in [0.3, 0.4) is 0 Å². The van der Waals surface area contributed by atoms with Gasteiger partial charge in [-0.3, -0.25) is 9.59 Å². The molecule has 2 amide bonds. The van der Waals surface area contributed by atoms with Crippen LogP contribution in [0.4, 0.5) is 0 Å². The Hall–Kier alpha value is -2.01. The van der Waals surface area contributed by atoms with Crippen molar-refractivity contribution < 1.29 is 9.59 Å². The van der Waals surface area contributed by atoms with Crippen LogP contribution in [-0.4, -0.2) is 50.5 Å². The van der Waals surface area contributed by atoms with E-state index in [1.165, 1.54) is 25.9 Å². The van der Waals surface area contributed by atoms with Crippen LogP contribution in [-0.2, 0) is 0 Å². The van der Waals surface area contributed by atoms with E-state index >= 15 is 0 Å². The van der Waals surface area contributed by atoms with Crippen LogP contribution in [0.15, 0.2) is 9.24 Å². The van der Waals surface area contributed by atoms with Gasteiger partial charge in [-0.1, -0.05) is 21.5 Å². The van der Waals surface area contributed by atoms with E-state index in [0.29, 0.717) is 9.24 Å². The Morgan fingerprint density at radius 3 is 2.36 bits per heavy atom. The van der Waals surface area contributed by atoms with E-state index in [-0.39, 0.29) is 29.2 Å². The average Bonchev–Trinajstić information content (AvgIpc) is 3.13. The molecule has 2 rings (SSSR count). The minimum Gasteiger partial charge on any atom is -0.354 e. The van der Waals surface area contributed by atoms with Crippen molar-refractivity contribution in [2.45, 2.75) is 29.1 Å². The zero-order valence-electron chi connectivity index (χ0n) is 12.4. The van der Waals surface area contributed by atoms with E-state index in [2.05, 4.69) is 30.5 Å². The minimum atomic E-state index is -0.339. The SMILES string of the molecule is CNC(=O)c1nnsc1Sc1c(C(=O)NC)nnn1C(C)C. The first-order valence-electron chi connectivity index (χ1n) is 6.39. The van der Waals surface area contributed by atoms with Crippen molar-refractivity contribution >= 4 is 35.1 Å². The van der Waals surface area contributed by atoms with E-state index in [0.717, 1.165) is 11.5 Å². The highest BCUT2D eigenvalue weighted by atomic mass is 32.2. The highest BCUT2D eigenvalue weighted by Gasteiger charge is 2.25. The topological polar surface area (TPSA) is 115 Å². The fraction of sp³-hybridized carbons (Fsp3) is 0.455. The fourth-order valence-electron chi connectivity index (χ4n) is 1.57. The molecule has 0 aromatic carbocycles. The van der Waals surface area contributed by atoms with E-state index in [9.17, 15) is 9.59 Å². The lowest BCUT2D eigenvalue weighted by molar-refractivity contribution is 0.0948. The Bertz CT molecular complexity index is 694. The van der Waals surface area contributed by atoms with Crippen molar-refractivity contribution in [2.24, 2.45) is 0 Å². The van der Waals surface area contributed by atoms with Crippen LogP contribution in [0.25, 0.3) is 0 Å². The normalized spacial score (nSPS) is 10.8. The van der Waals surface area contributed by atoms with Crippen molar-refractivity contribution in [1.29, 1.82) is 0 Å². The minimum absolute atomic E-state index is 0.0118. The summed E-state index contributed by atoms with van der Waals surface area (Å²) in [6.07, 6.45) is 0. The monoisotopic (exact) mass is 341 g/mol. The summed E-state index contributed by atoms with van der Waals surface area (Å²) in [7, 11) is 3.04.